The van der Waals surface area contributed by atoms with Crippen LogP contribution in [0.25, 0.3) is 0 Å². The van der Waals surface area contributed by atoms with Crippen LogP contribution in [0.15, 0.2) is 36.5 Å². The summed E-state index contributed by atoms with van der Waals surface area (Å²) in [6, 6.07) is 9.61. The Balaban J connectivity index is 1.71. The summed E-state index contributed by atoms with van der Waals surface area (Å²) in [5.41, 5.74) is 0.905. The van der Waals surface area contributed by atoms with E-state index in [0.29, 0.717) is 29.3 Å². The maximum absolute atomic E-state index is 13.4. The molecule has 0 spiro atoms. The summed E-state index contributed by atoms with van der Waals surface area (Å²) < 4.78 is 13.4. The summed E-state index contributed by atoms with van der Waals surface area (Å²) in [4.78, 5) is 18.6. The van der Waals surface area contributed by atoms with Gasteiger partial charge in [0.25, 0.3) is 5.91 Å². The molecule has 0 radical (unpaired) electrons. The van der Waals surface area contributed by atoms with E-state index in [-0.39, 0.29) is 12.5 Å². The molecular formula is C17H15FN2OS. The molecule has 1 fully saturated rings. The third-order valence-corrected chi connectivity index (χ3v) is 4.36. The third kappa shape index (κ3) is 3.52. The largest absolute Gasteiger partial charge is 0.335 e. The van der Waals surface area contributed by atoms with Crippen LogP contribution in [0, 0.1) is 11.8 Å². The van der Waals surface area contributed by atoms with E-state index in [1.165, 1.54) is 17.5 Å². The topological polar surface area (TPSA) is 33.2 Å². The second kappa shape index (κ2) is 6.71. The first-order valence-corrected chi connectivity index (χ1v) is 8.00. The normalized spacial score (nSPS) is 17.7. The van der Waals surface area contributed by atoms with E-state index in [4.69, 9.17) is 0 Å². The van der Waals surface area contributed by atoms with Crippen LogP contribution in [0.5, 0.6) is 0 Å². The van der Waals surface area contributed by atoms with Gasteiger partial charge < -0.3 is 4.90 Å². The van der Waals surface area contributed by atoms with E-state index in [2.05, 4.69) is 16.8 Å². The number of nitrogens with zero attached hydrogens (tertiary/aromatic N) is 2. The van der Waals surface area contributed by atoms with Crippen molar-refractivity contribution in [2.75, 3.05) is 13.1 Å². The van der Waals surface area contributed by atoms with Crippen LogP contribution < -0.4 is 0 Å². The number of thiazole rings is 1. The molecule has 0 aliphatic carbocycles. The minimum absolute atomic E-state index is 0.146. The Kier molecular flexibility index (Phi) is 4.50. The molecule has 1 unspecified atom stereocenters. The molecule has 2 heterocycles. The summed E-state index contributed by atoms with van der Waals surface area (Å²) >= 11 is 1.26. The molecule has 0 bridgehead atoms. The van der Waals surface area contributed by atoms with Gasteiger partial charge in [0.05, 0.1) is 12.7 Å². The molecule has 3 nitrogen and oxygen atoms in total. The Hall–Kier alpha value is -2.19. The number of alkyl halides is 1. The Bertz CT molecular complexity index is 717. The minimum Gasteiger partial charge on any atom is -0.335 e. The molecular weight excluding hydrogens is 299 g/mol. The summed E-state index contributed by atoms with van der Waals surface area (Å²) in [6.45, 7) is 0.796. The highest BCUT2D eigenvalue weighted by Crippen LogP contribution is 2.19. The molecule has 5 heteroatoms. The number of halogens is 1. The zero-order valence-corrected chi connectivity index (χ0v) is 12.8. The predicted molar refractivity (Wildman–Crippen MR) is 84.6 cm³/mol. The quantitative estimate of drug-likeness (QED) is 0.758. The van der Waals surface area contributed by atoms with Gasteiger partial charge in [0.1, 0.15) is 11.0 Å². The minimum atomic E-state index is -0.914. The molecule has 1 aromatic heterocycles. The number of likely N-dealkylation sites (tertiary alicyclic amines) is 1. The van der Waals surface area contributed by atoms with Gasteiger partial charge in [-0.05, 0) is 30.9 Å². The summed E-state index contributed by atoms with van der Waals surface area (Å²) in [6.07, 6.45) is 1.87. The summed E-state index contributed by atoms with van der Waals surface area (Å²) in [7, 11) is 0. The third-order valence-electron chi connectivity index (χ3n) is 3.46. The SMILES string of the molecule is O=C(c1cnc(C#Cc2ccccc2)s1)N1CCCC(F)C1. The average Bonchev–Trinajstić information content (AvgIpc) is 3.02. The van der Waals surface area contributed by atoms with Crippen LogP contribution in [-0.4, -0.2) is 35.1 Å². The Morgan fingerprint density at radius 1 is 1.32 bits per heavy atom. The average molecular weight is 314 g/mol. The number of amides is 1. The van der Waals surface area contributed by atoms with Crippen molar-refractivity contribution in [2.24, 2.45) is 0 Å². The van der Waals surface area contributed by atoms with Gasteiger partial charge in [0.2, 0.25) is 0 Å². The van der Waals surface area contributed by atoms with Gasteiger partial charge in [-0.1, -0.05) is 24.1 Å². The molecule has 1 aliphatic heterocycles. The standard InChI is InChI=1S/C17H15FN2OS/c18-14-7-4-10-20(12-14)17(21)15-11-19-16(22-15)9-8-13-5-2-1-3-6-13/h1-3,5-6,11,14H,4,7,10,12H2. The maximum atomic E-state index is 13.4. The van der Waals surface area contributed by atoms with Crippen molar-refractivity contribution >= 4 is 17.2 Å². The number of hydrogen-bond donors (Lipinski definition) is 0. The first-order valence-electron chi connectivity index (χ1n) is 7.18. The van der Waals surface area contributed by atoms with Crippen molar-refractivity contribution in [1.82, 2.24) is 9.88 Å². The smallest absolute Gasteiger partial charge is 0.265 e. The van der Waals surface area contributed by atoms with Gasteiger partial charge in [0, 0.05) is 12.1 Å². The predicted octanol–water partition coefficient (Wildman–Crippen LogP) is 3.12. The number of piperidine rings is 1. The monoisotopic (exact) mass is 314 g/mol. The van der Waals surface area contributed by atoms with Gasteiger partial charge in [-0.25, -0.2) is 9.37 Å². The highest BCUT2D eigenvalue weighted by Gasteiger charge is 2.25. The Morgan fingerprint density at radius 3 is 2.91 bits per heavy atom. The van der Waals surface area contributed by atoms with Crippen LogP contribution in [-0.2, 0) is 0 Å². The number of hydrogen-bond acceptors (Lipinski definition) is 3. The van der Waals surface area contributed by atoms with E-state index < -0.39 is 6.17 Å². The fourth-order valence-electron chi connectivity index (χ4n) is 2.34. The molecule has 1 amide bonds. The van der Waals surface area contributed by atoms with Crippen molar-refractivity contribution in [3.05, 3.63) is 52.0 Å². The molecule has 22 heavy (non-hydrogen) atoms. The number of carbonyl (C=O) groups excluding carboxylic acids is 1. The van der Waals surface area contributed by atoms with E-state index >= 15 is 0 Å². The van der Waals surface area contributed by atoms with Crippen LogP contribution in [0.1, 0.15) is 33.1 Å². The summed E-state index contributed by atoms with van der Waals surface area (Å²) in [5.74, 6) is 5.83. The second-order valence-corrected chi connectivity index (χ2v) is 6.17. The first-order chi connectivity index (χ1) is 10.7. The maximum Gasteiger partial charge on any atom is 0.265 e. The Morgan fingerprint density at radius 2 is 2.14 bits per heavy atom. The Labute approximate surface area is 132 Å². The second-order valence-electron chi connectivity index (χ2n) is 5.14. The lowest BCUT2D eigenvalue weighted by Crippen LogP contribution is -2.40. The van der Waals surface area contributed by atoms with Gasteiger partial charge in [-0.3, -0.25) is 4.79 Å². The fraction of sp³-hybridized carbons (Fsp3) is 0.294. The van der Waals surface area contributed by atoms with Gasteiger partial charge in [0.15, 0.2) is 5.01 Å². The highest BCUT2D eigenvalue weighted by molar-refractivity contribution is 7.14. The molecule has 1 saturated heterocycles. The first kappa shape index (κ1) is 14.7. The van der Waals surface area contributed by atoms with E-state index in [1.807, 2.05) is 30.3 Å². The molecule has 1 atom stereocenters. The molecule has 3 rings (SSSR count). The number of benzene rings is 1. The highest BCUT2D eigenvalue weighted by atomic mass is 32.1. The van der Waals surface area contributed by atoms with Crippen LogP contribution in [0.2, 0.25) is 0 Å². The molecule has 0 saturated carbocycles. The number of aromatic nitrogens is 1. The van der Waals surface area contributed by atoms with Crippen molar-refractivity contribution in [3.8, 4) is 11.8 Å². The zero-order chi connectivity index (χ0) is 15.4. The lowest BCUT2D eigenvalue weighted by Gasteiger charge is -2.28. The summed E-state index contributed by atoms with van der Waals surface area (Å²) in [5, 5.41) is 0.598. The van der Waals surface area contributed by atoms with Gasteiger partial charge in [-0.2, -0.15) is 0 Å². The zero-order valence-electron chi connectivity index (χ0n) is 12.0. The van der Waals surface area contributed by atoms with Crippen LogP contribution in [0.4, 0.5) is 4.39 Å². The van der Waals surface area contributed by atoms with Crippen molar-refractivity contribution in [2.45, 2.75) is 19.0 Å². The number of carbonyl (C=O) groups is 1. The van der Waals surface area contributed by atoms with Crippen LogP contribution in [0.3, 0.4) is 0 Å². The number of rotatable bonds is 1. The molecule has 112 valence electrons. The van der Waals surface area contributed by atoms with E-state index in [0.717, 1.165) is 5.56 Å². The lowest BCUT2D eigenvalue weighted by atomic mass is 10.1. The van der Waals surface area contributed by atoms with E-state index in [9.17, 15) is 9.18 Å². The van der Waals surface area contributed by atoms with Crippen molar-refractivity contribution in [3.63, 3.8) is 0 Å². The molecule has 2 aromatic rings. The van der Waals surface area contributed by atoms with Crippen molar-refractivity contribution in [1.29, 1.82) is 0 Å². The van der Waals surface area contributed by atoms with Gasteiger partial charge >= 0.3 is 0 Å². The van der Waals surface area contributed by atoms with Gasteiger partial charge in [-0.15, -0.1) is 11.3 Å². The van der Waals surface area contributed by atoms with Crippen molar-refractivity contribution < 1.29 is 9.18 Å². The fourth-order valence-corrected chi connectivity index (χ4v) is 3.08. The lowest BCUT2D eigenvalue weighted by molar-refractivity contribution is 0.0640. The molecule has 1 aliphatic rings. The molecule has 1 aromatic carbocycles. The molecule has 0 N–H and O–H groups in total. The van der Waals surface area contributed by atoms with Crippen LogP contribution >= 0.6 is 11.3 Å². The van der Waals surface area contributed by atoms with E-state index in [1.54, 1.807) is 4.90 Å².